The minimum absolute atomic E-state index is 0.209. The van der Waals surface area contributed by atoms with Crippen LogP contribution in [0.25, 0.3) is 22.4 Å². The monoisotopic (exact) mass is 499 g/mol. The maximum atomic E-state index is 12.9. The smallest absolute Gasteiger partial charge is 0.237 e. The number of ether oxygens (including phenoxy) is 1. The summed E-state index contributed by atoms with van der Waals surface area (Å²) in [6.07, 6.45) is 0. The first-order valence-electron chi connectivity index (χ1n) is 10.9. The van der Waals surface area contributed by atoms with Crippen LogP contribution in [0.5, 0.6) is 5.75 Å². The van der Waals surface area contributed by atoms with Crippen LogP contribution in [0, 0.1) is 11.3 Å². The number of hydrogen-bond donors (Lipinski definition) is 1. The molecule has 3 aromatic carbocycles. The fourth-order valence-electron chi connectivity index (χ4n) is 3.50. The molecule has 0 saturated carbocycles. The summed E-state index contributed by atoms with van der Waals surface area (Å²) in [5.41, 5.74) is 4.29. The topological polar surface area (TPSA) is 75.0 Å². The lowest BCUT2D eigenvalue weighted by molar-refractivity contribution is -0.115. The summed E-state index contributed by atoms with van der Waals surface area (Å²) in [4.78, 5) is 17.7. The van der Waals surface area contributed by atoms with Gasteiger partial charge >= 0.3 is 0 Å². The highest BCUT2D eigenvalue weighted by molar-refractivity contribution is 8.00. The minimum Gasteiger partial charge on any atom is -0.497 e. The minimum atomic E-state index is -0.511. The van der Waals surface area contributed by atoms with Gasteiger partial charge in [0, 0.05) is 21.8 Å². The molecule has 1 N–H and O–H groups in total. The molecule has 4 aromatic rings. The van der Waals surface area contributed by atoms with E-state index in [1.54, 1.807) is 38.3 Å². The number of hydrogen-bond acceptors (Lipinski definition) is 5. The van der Waals surface area contributed by atoms with Gasteiger partial charge in [-0.3, -0.25) is 4.79 Å². The van der Waals surface area contributed by atoms with E-state index in [9.17, 15) is 10.1 Å². The van der Waals surface area contributed by atoms with E-state index in [4.69, 9.17) is 21.3 Å². The molecule has 0 aliphatic carbocycles. The van der Waals surface area contributed by atoms with Crippen LogP contribution in [0.15, 0.2) is 90.0 Å². The Morgan fingerprint density at radius 3 is 2.43 bits per heavy atom. The van der Waals surface area contributed by atoms with Gasteiger partial charge in [0.15, 0.2) is 0 Å². The Morgan fingerprint density at radius 1 is 1.03 bits per heavy atom. The number of pyridine rings is 1. The lowest BCUT2D eigenvalue weighted by Gasteiger charge is -2.16. The van der Waals surface area contributed by atoms with Crippen molar-refractivity contribution in [1.29, 1.82) is 5.26 Å². The summed E-state index contributed by atoms with van der Waals surface area (Å²) in [5, 5.41) is 13.5. The molecule has 0 aliphatic rings. The van der Waals surface area contributed by atoms with Gasteiger partial charge in [0.25, 0.3) is 0 Å². The van der Waals surface area contributed by atoms with Gasteiger partial charge in [-0.2, -0.15) is 5.26 Å². The van der Waals surface area contributed by atoms with Crippen LogP contribution >= 0.6 is 23.4 Å². The highest BCUT2D eigenvalue weighted by atomic mass is 35.5. The molecule has 5 nitrogen and oxygen atoms in total. The van der Waals surface area contributed by atoms with Crippen molar-refractivity contribution in [3.05, 3.63) is 95.5 Å². The van der Waals surface area contributed by atoms with Crippen molar-refractivity contribution in [1.82, 2.24) is 4.98 Å². The van der Waals surface area contributed by atoms with E-state index in [1.165, 1.54) is 11.8 Å². The Morgan fingerprint density at radius 2 is 1.77 bits per heavy atom. The Labute approximate surface area is 213 Å². The number of benzene rings is 3. The van der Waals surface area contributed by atoms with Gasteiger partial charge in [-0.25, -0.2) is 4.98 Å². The number of amides is 1. The molecule has 1 atom stereocenters. The Kier molecular flexibility index (Phi) is 7.71. The first kappa shape index (κ1) is 24.3. The molecular weight excluding hydrogens is 478 g/mol. The van der Waals surface area contributed by atoms with Crippen molar-refractivity contribution in [2.75, 3.05) is 12.4 Å². The SMILES string of the molecule is COc1ccc(-c2cc(-c3ccccc3)c(C#N)c(S[C@H](C)C(=O)Nc3cccc(Cl)c3)n2)cc1. The van der Waals surface area contributed by atoms with Crippen LogP contribution < -0.4 is 10.1 Å². The summed E-state index contributed by atoms with van der Waals surface area (Å²) in [6.45, 7) is 1.79. The third-order valence-corrected chi connectivity index (χ3v) is 6.64. The van der Waals surface area contributed by atoms with E-state index in [2.05, 4.69) is 11.4 Å². The Hall–Kier alpha value is -3.79. The molecule has 4 rings (SSSR count). The second kappa shape index (κ2) is 11.1. The van der Waals surface area contributed by atoms with Crippen molar-refractivity contribution in [2.24, 2.45) is 0 Å². The second-order valence-corrected chi connectivity index (χ2v) is 9.47. The molecule has 0 fully saturated rings. The quantitative estimate of drug-likeness (QED) is 0.275. The largest absolute Gasteiger partial charge is 0.497 e. The second-order valence-electron chi connectivity index (χ2n) is 7.70. The highest BCUT2D eigenvalue weighted by Gasteiger charge is 2.21. The zero-order valence-electron chi connectivity index (χ0n) is 19.2. The molecule has 0 saturated heterocycles. The Bertz CT molecular complexity index is 1390. The first-order valence-corrected chi connectivity index (χ1v) is 12.1. The molecule has 0 radical (unpaired) electrons. The van der Waals surface area contributed by atoms with Gasteiger partial charge in [-0.05, 0) is 61.0 Å². The number of nitriles is 1. The van der Waals surface area contributed by atoms with Crippen molar-refractivity contribution in [3.63, 3.8) is 0 Å². The summed E-state index contributed by atoms with van der Waals surface area (Å²) in [5.74, 6) is 0.533. The van der Waals surface area contributed by atoms with Crippen LogP contribution in [0.3, 0.4) is 0 Å². The van der Waals surface area contributed by atoms with Crippen LogP contribution in [-0.4, -0.2) is 23.3 Å². The summed E-state index contributed by atoms with van der Waals surface area (Å²) in [6, 6.07) is 28.5. The molecule has 35 heavy (non-hydrogen) atoms. The molecule has 0 unspecified atom stereocenters. The third-order valence-electron chi connectivity index (χ3n) is 5.32. The zero-order valence-corrected chi connectivity index (χ0v) is 20.7. The fourth-order valence-corrected chi connectivity index (χ4v) is 4.62. The van der Waals surface area contributed by atoms with Gasteiger partial charge in [0.2, 0.25) is 5.91 Å². The average molecular weight is 500 g/mol. The average Bonchev–Trinajstić information content (AvgIpc) is 2.88. The number of thioether (sulfide) groups is 1. The molecule has 1 heterocycles. The lowest BCUT2D eigenvalue weighted by Crippen LogP contribution is -2.22. The molecule has 0 bridgehead atoms. The zero-order chi connectivity index (χ0) is 24.8. The maximum Gasteiger partial charge on any atom is 0.237 e. The normalized spacial score (nSPS) is 11.4. The summed E-state index contributed by atoms with van der Waals surface area (Å²) in [7, 11) is 1.62. The molecule has 174 valence electrons. The molecule has 0 aliphatic heterocycles. The van der Waals surface area contributed by atoms with Crippen LogP contribution in [-0.2, 0) is 4.79 Å². The fraction of sp³-hybridized carbons (Fsp3) is 0.107. The summed E-state index contributed by atoms with van der Waals surface area (Å²) < 4.78 is 5.27. The van der Waals surface area contributed by atoms with Crippen molar-refractivity contribution < 1.29 is 9.53 Å². The Balaban J connectivity index is 1.72. The van der Waals surface area contributed by atoms with Gasteiger partial charge in [-0.15, -0.1) is 0 Å². The number of nitrogens with one attached hydrogen (secondary N) is 1. The summed E-state index contributed by atoms with van der Waals surface area (Å²) >= 11 is 7.29. The van der Waals surface area contributed by atoms with E-state index in [1.807, 2.05) is 60.7 Å². The molecular formula is C28H22ClN3O2S. The highest BCUT2D eigenvalue weighted by Crippen LogP contribution is 2.36. The van der Waals surface area contributed by atoms with E-state index < -0.39 is 5.25 Å². The van der Waals surface area contributed by atoms with Crippen LogP contribution in [0.1, 0.15) is 12.5 Å². The maximum absolute atomic E-state index is 12.9. The lowest BCUT2D eigenvalue weighted by atomic mass is 9.99. The van der Waals surface area contributed by atoms with E-state index >= 15 is 0 Å². The standard InChI is InChI=1S/C28H22ClN3O2S/c1-18(27(33)31-22-10-6-9-21(29)15-22)35-28-25(17-30)24(19-7-4-3-5-8-19)16-26(32-28)20-11-13-23(34-2)14-12-20/h3-16,18H,1-2H3,(H,31,33)/t18-/m1/s1. The molecule has 1 aromatic heterocycles. The number of halogens is 1. The third kappa shape index (κ3) is 5.83. The molecule has 7 heteroatoms. The predicted molar refractivity (Wildman–Crippen MR) is 142 cm³/mol. The van der Waals surface area contributed by atoms with Gasteiger partial charge < -0.3 is 10.1 Å². The van der Waals surface area contributed by atoms with Gasteiger partial charge in [0.05, 0.1) is 23.6 Å². The van der Waals surface area contributed by atoms with Crippen LogP contribution in [0.4, 0.5) is 5.69 Å². The number of methoxy groups -OCH3 is 1. The van der Waals surface area contributed by atoms with Crippen molar-refractivity contribution in [3.8, 4) is 34.2 Å². The van der Waals surface area contributed by atoms with Crippen molar-refractivity contribution in [2.45, 2.75) is 17.2 Å². The number of nitrogens with zero attached hydrogens (tertiary/aromatic N) is 2. The molecule has 0 spiro atoms. The van der Waals surface area contributed by atoms with E-state index in [-0.39, 0.29) is 5.91 Å². The number of carbonyl (C=O) groups is 1. The van der Waals surface area contributed by atoms with Gasteiger partial charge in [0.1, 0.15) is 16.8 Å². The van der Waals surface area contributed by atoms with Crippen molar-refractivity contribution >= 4 is 35.0 Å². The van der Waals surface area contributed by atoms with E-state index in [0.29, 0.717) is 27.0 Å². The number of anilines is 1. The first-order chi connectivity index (χ1) is 17.0. The van der Waals surface area contributed by atoms with Gasteiger partial charge in [-0.1, -0.05) is 59.8 Å². The van der Waals surface area contributed by atoms with E-state index in [0.717, 1.165) is 22.4 Å². The number of rotatable bonds is 7. The van der Waals surface area contributed by atoms with Crippen LogP contribution in [0.2, 0.25) is 5.02 Å². The number of aromatic nitrogens is 1. The molecule has 1 amide bonds. The predicted octanol–water partition coefficient (Wildman–Crippen LogP) is 7.07. The number of carbonyl (C=O) groups excluding carboxylic acids is 1.